The number of amides is 1. The van der Waals surface area contributed by atoms with Gasteiger partial charge in [-0.3, -0.25) is 9.69 Å². The van der Waals surface area contributed by atoms with Crippen LogP contribution in [0.4, 0.5) is 0 Å². The van der Waals surface area contributed by atoms with Crippen LogP contribution in [0.25, 0.3) is 0 Å². The molecule has 0 fully saturated rings. The minimum absolute atomic E-state index is 0.0353. The average Bonchev–Trinajstić information content (AvgIpc) is 2.51. The molecule has 0 heterocycles. The smallest absolute Gasteiger partial charge is 0.234 e. The summed E-state index contributed by atoms with van der Waals surface area (Å²) in [6.07, 6.45) is 0.854. The van der Waals surface area contributed by atoms with E-state index < -0.39 is 0 Å². The molecule has 3 nitrogen and oxygen atoms in total. The van der Waals surface area contributed by atoms with E-state index in [4.69, 9.17) is 11.6 Å². The summed E-state index contributed by atoms with van der Waals surface area (Å²) in [4.78, 5) is 14.0. The van der Waals surface area contributed by atoms with Crippen LogP contribution in [0.3, 0.4) is 0 Å². The molecule has 0 aliphatic carbocycles. The molecule has 0 saturated heterocycles. The van der Waals surface area contributed by atoms with Crippen molar-refractivity contribution in [1.29, 1.82) is 0 Å². The summed E-state index contributed by atoms with van der Waals surface area (Å²) in [5.41, 5.74) is 3.57. The Kier molecular flexibility index (Phi) is 6.63. The summed E-state index contributed by atoms with van der Waals surface area (Å²) < 4.78 is 0. The molecule has 1 N–H and O–H groups in total. The first-order valence-corrected chi connectivity index (χ1v) is 8.17. The van der Waals surface area contributed by atoms with E-state index in [9.17, 15) is 4.79 Å². The Balaban J connectivity index is 1.74. The van der Waals surface area contributed by atoms with Crippen LogP contribution in [-0.2, 0) is 17.8 Å². The van der Waals surface area contributed by atoms with Crippen LogP contribution in [-0.4, -0.2) is 30.9 Å². The van der Waals surface area contributed by atoms with Gasteiger partial charge in [0.1, 0.15) is 0 Å². The second-order valence-electron chi connectivity index (χ2n) is 5.79. The number of nitrogens with one attached hydrogen (secondary N) is 1. The maximum absolute atomic E-state index is 12.0. The summed E-state index contributed by atoms with van der Waals surface area (Å²) in [5, 5.41) is 3.71. The number of benzene rings is 2. The SMILES string of the molecule is Cc1ccccc1CCNC(=O)CN(C)Cc1ccccc1Cl. The molecule has 0 aromatic heterocycles. The molecule has 1 amide bonds. The van der Waals surface area contributed by atoms with Crippen LogP contribution in [0.1, 0.15) is 16.7 Å². The van der Waals surface area contributed by atoms with Gasteiger partial charge in [-0.2, -0.15) is 0 Å². The summed E-state index contributed by atoms with van der Waals surface area (Å²) >= 11 is 6.14. The van der Waals surface area contributed by atoms with E-state index in [1.165, 1.54) is 11.1 Å². The standard InChI is InChI=1S/C19H23ClN2O/c1-15-7-3-4-8-16(15)11-12-21-19(23)14-22(2)13-17-9-5-6-10-18(17)20/h3-10H,11-14H2,1-2H3,(H,21,23). The van der Waals surface area contributed by atoms with E-state index in [0.29, 0.717) is 19.6 Å². The molecule has 2 aromatic rings. The summed E-state index contributed by atoms with van der Waals surface area (Å²) in [7, 11) is 1.92. The number of carbonyl (C=O) groups excluding carboxylic acids is 1. The van der Waals surface area contributed by atoms with Crippen molar-refractivity contribution in [3.63, 3.8) is 0 Å². The Morgan fingerprint density at radius 1 is 1.09 bits per heavy atom. The second-order valence-corrected chi connectivity index (χ2v) is 6.20. The lowest BCUT2D eigenvalue weighted by atomic mass is 10.1. The third kappa shape index (κ3) is 5.70. The highest BCUT2D eigenvalue weighted by molar-refractivity contribution is 6.31. The number of hydrogen-bond acceptors (Lipinski definition) is 2. The Morgan fingerprint density at radius 2 is 1.74 bits per heavy atom. The number of hydrogen-bond donors (Lipinski definition) is 1. The van der Waals surface area contributed by atoms with Crippen LogP contribution in [0.15, 0.2) is 48.5 Å². The summed E-state index contributed by atoms with van der Waals surface area (Å²) in [6.45, 7) is 3.77. The maximum atomic E-state index is 12.0. The number of carbonyl (C=O) groups is 1. The van der Waals surface area contributed by atoms with Crippen molar-refractivity contribution in [2.45, 2.75) is 19.9 Å². The summed E-state index contributed by atoms with van der Waals surface area (Å²) in [6, 6.07) is 16.0. The highest BCUT2D eigenvalue weighted by Crippen LogP contribution is 2.16. The molecular formula is C19H23ClN2O. The molecule has 23 heavy (non-hydrogen) atoms. The Morgan fingerprint density at radius 3 is 2.43 bits per heavy atom. The molecule has 0 spiro atoms. The zero-order valence-corrected chi connectivity index (χ0v) is 14.4. The normalized spacial score (nSPS) is 10.8. The third-order valence-corrected chi connectivity index (χ3v) is 4.16. The van der Waals surface area contributed by atoms with Crippen molar-refractivity contribution in [3.8, 4) is 0 Å². The van der Waals surface area contributed by atoms with E-state index in [2.05, 4.69) is 24.4 Å². The van der Waals surface area contributed by atoms with Crippen LogP contribution < -0.4 is 5.32 Å². The van der Waals surface area contributed by atoms with Crippen molar-refractivity contribution in [2.24, 2.45) is 0 Å². The predicted molar refractivity (Wildman–Crippen MR) is 95.7 cm³/mol. The maximum Gasteiger partial charge on any atom is 0.234 e. The number of aryl methyl sites for hydroxylation is 1. The van der Waals surface area contributed by atoms with Crippen molar-refractivity contribution in [2.75, 3.05) is 20.1 Å². The quantitative estimate of drug-likeness (QED) is 0.843. The molecule has 122 valence electrons. The van der Waals surface area contributed by atoms with Crippen molar-refractivity contribution in [3.05, 3.63) is 70.2 Å². The fraction of sp³-hybridized carbons (Fsp3) is 0.316. The lowest BCUT2D eigenvalue weighted by Crippen LogP contribution is -2.35. The number of likely N-dealkylation sites (N-methyl/N-ethyl adjacent to an activating group) is 1. The van der Waals surface area contributed by atoms with Crippen LogP contribution >= 0.6 is 11.6 Å². The highest BCUT2D eigenvalue weighted by Gasteiger charge is 2.08. The van der Waals surface area contributed by atoms with Gasteiger partial charge in [0.05, 0.1) is 6.54 Å². The largest absolute Gasteiger partial charge is 0.355 e. The molecule has 2 rings (SSSR count). The predicted octanol–water partition coefficient (Wildman–Crippen LogP) is 3.44. The molecule has 0 bridgehead atoms. The lowest BCUT2D eigenvalue weighted by molar-refractivity contribution is -0.122. The molecule has 0 unspecified atom stereocenters. The Bertz CT molecular complexity index is 657. The highest BCUT2D eigenvalue weighted by atomic mass is 35.5. The van der Waals surface area contributed by atoms with Crippen molar-refractivity contribution < 1.29 is 4.79 Å². The molecule has 2 aromatic carbocycles. The molecule has 0 saturated carbocycles. The fourth-order valence-corrected chi connectivity index (χ4v) is 2.70. The molecule has 0 radical (unpaired) electrons. The summed E-state index contributed by atoms with van der Waals surface area (Å²) in [5.74, 6) is 0.0353. The van der Waals surface area contributed by atoms with Gasteiger partial charge < -0.3 is 5.32 Å². The van der Waals surface area contributed by atoms with Gasteiger partial charge >= 0.3 is 0 Å². The van der Waals surface area contributed by atoms with E-state index >= 15 is 0 Å². The van der Waals surface area contributed by atoms with E-state index in [0.717, 1.165) is 17.0 Å². The van der Waals surface area contributed by atoms with Gasteiger partial charge in [0.2, 0.25) is 5.91 Å². The van der Waals surface area contributed by atoms with Gasteiger partial charge in [0.25, 0.3) is 0 Å². The molecular weight excluding hydrogens is 308 g/mol. The minimum atomic E-state index is 0.0353. The molecule has 0 atom stereocenters. The number of halogens is 1. The van der Waals surface area contributed by atoms with E-state index in [-0.39, 0.29) is 5.91 Å². The van der Waals surface area contributed by atoms with Crippen LogP contribution in [0.2, 0.25) is 5.02 Å². The van der Waals surface area contributed by atoms with Gasteiger partial charge in [-0.25, -0.2) is 0 Å². The van der Waals surface area contributed by atoms with Crippen LogP contribution in [0, 0.1) is 6.92 Å². The van der Waals surface area contributed by atoms with Crippen molar-refractivity contribution in [1.82, 2.24) is 10.2 Å². The first kappa shape index (κ1) is 17.5. The van der Waals surface area contributed by atoms with Gasteiger partial charge in [0, 0.05) is 18.1 Å². The topological polar surface area (TPSA) is 32.3 Å². The van der Waals surface area contributed by atoms with Crippen molar-refractivity contribution >= 4 is 17.5 Å². The van der Waals surface area contributed by atoms with Crippen LogP contribution in [0.5, 0.6) is 0 Å². The van der Waals surface area contributed by atoms with Gasteiger partial charge in [0.15, 0.2) is 0 Å². The number of nitrogens with zero attached hydrogens (tertiary/aromatic N) is 1. The van der Waals surface area contributed by atoms with Gasteiger partial charge in [-0.1, -0.05) is 54.1 Å². The molecule has 0 aliphatic rings. The van der Waals surface area contributed by atoms with Gasteiger partial charge in [-0.15, -0.1) is 0 Å². The Labute approximate surface area is 143 Å². The lowest BCUT2D eigenvalue weighted by Gasteiger charge is -2.17. The van der Waals surface area contributed by atoms with E-state index in [1.54, 1.807) is 0 Å². The Hall–Kier alpha value is -1.84. The monoisotopic (exact) mass is 330 g/mol. The molecule has 0 aliphatic heterocycles. The minimum Gasteiger partial charge on any atom is -0.355 e. The average molecular weight is 331 g/mol. The van der Waals surface area contributed by atoms with Gasteiger partial charge in [-0.05, 0) is 43.1 Å². The zero-order valence-electron chi connectivity index (χ0n) is 13.7. The number of rotatable bonds is 7. The third-order valence-electron chi connectivity index (χ3n) is 3.79. The zero-order chi connectivity index (χ0) is 16.7. The van der Waals surface area contributed by atoms with E-state index in [1.807, 2.05) is 48.3 Å². The second kappa shape index (κ2) is 8.70. The first-order valence-electron chi connectivity index (χ1n) is 7.79. The first-order chi connectivity index (χ1) is 11.1. The molecule has 4 heteroatoms. The fourth-order valence-electron chi connectivity index (χ4n) is 2.50.